The average Bonchev–Trinajstić information content (AvgIpc) is 2.54. The van der Waals surface area contributed by atoms with Crippen LogP contribution < -0.4 is 0 Å². The van der Waals surface area contributed by atoms with Crippen LogP contribution in [0.2, 0.25) is 0 Å². The fraction of sp³-hybridized carbons (Fsp3) is 0.824. The van der Waals surface area contributed by atoms with Gasteiger partial charge in [0.05, 0.1) is 12.5 Å². The molecule has 0 aromatic heterocycles. The first kappa shape index (κ1) is 19.5. The summed E-state index contributed by atoms with van der Waals surface area (Å²) in [4.78, 5) is 38.9. The summed E-state index contributed by atoms with van der Waals surface area (Å²) in [6, 6.07) is 0. The molecule has 1 heterocycles. The molecule has 6 nitrogen and oxygen atoms in total. The number of carboxylic acids is 1. The molecule has 0 aliphatic carbocycles. The summed E-state index contributed by atoms with van der Waals surface area (Å²) in [7, 11) is 1.65. The van der Waals surface area contributed by atoms with Gasteiger partial charge in [-0.15, -0.1) is 0 Å². The molecule has 0 spiro atoms. The van der Waals surface area contributed by atoms with Gasteiger partial charge in [-0.25, -0.2) is 0 Å². The summed E-state index contributed by atoms with van der Waals surface area (Å²) in [5.74, 6) is -1.30. The van der Waals surface area contributed by atoms with E-state index in [1.165, 1.54) is 4.90 Å². The van der Waals surface area contributed by atoms with Crippen LogP contribution in [-0.2, 0) is 14.4 Å². The van der Waals surface area contributed by atoms with Gasteiger partial charge < -0.3 is 14.9 Å². The number of carboxylic acid groups (broad SMARTS) is 1. The van der Waals surface area contributed by atoms with Crippen molar-refractivity contribution < 1.29 is 19.5 Å². The maximum Gasteiger partial charge on any atom is 0.308 e. The second-order valence-electron chi connectivity index (χ2n) is 6.58. The first-order chi connectivity index (χ1) is 10.8. The largest absolute Gasteiger partial charge is 0.481 e. The predicted molar refractivity (Wildman–Crippen MR) is 87.8 cm³/mol. The summed E-state index contributed by atoms with van der Waals surface area (Å²) in [5, 5.41) is 9.09. The highest BCUT2D eigenvalue weighted by molar-refractivity contribution is 5.86. The highest BCUT2D eigenvalue weighted by atomic mass is 16.4. The Balaban J connectivity index is 2.58. The minimum Gasteiger partial charge on any atom is -0.481 e. The van der Waals surface area contributed by atoms with Gasteiger partial charge in [0, 0.05) is 26.1 Å². The fourth-order valence-corrected chi connectivity index (χ4v) is 3.33. The predicted octanol–water partition coefficient (Wildman–Crippen LogP) is 1.84. The zero-order valence-electron chi connectivity index (χ0n) is 14.7. The number of amides is 2. The monoisotopic (exact) mass is 326 g/mol. The molecular weight excluding hydrogens is 296 g/mol. The van der Waals surface area contributed by atoms with E-state index in [1.807, 2.05) is 6.92 Å². The van der Waals surface area contributed by atoms with Crippen LogP contribution in [-0.4, -0.2) is 59.4 Å². The highest BCUT2D eigenvalue weighted by Gasteiger charge is 2.30. The molecule has 0 aromatic rings. The van der Waals surface area contributed by atoms with Crippen molar-refractivity contribution in [1.82, 2.24) is 9.80 Å². The first-order valence-corrected chi connectivity index (χ1v) is 8.57. The van der Waals surface area contributed by atoms with E-state index in [-0.39, 0.29) is 30.8 Å². The van der Waals surface area contributed by atoms with E-state index in [2.05, 4.69) is 13.8 Å². The molecule has 0 radical (unpaired) electrons. The molecule has 0 aromatic carbocycles. The highest BCUT2D eigenvalue weighted by Crippen LogP contribution is 2.21. The van der Waals surface area contributed by atoms with E-state index in [9.17, 15) is 14.4 Å². The van der Waals surface area contributed by atoms with Crippen LogP contribution in [0.1, 0.15) is 46.5 Å². The molecule has 1 aliphatic heterocycles. The van der Waals surface area contributed by atoms with Crippen molar-refractivity contribution in [2.45, 2.75) is 46.5 Å². The van der Waals surface area contributed by atoms with Gasteiger partial charge in [0.25, 0.3) is 0 Å². The molecule has 132 valence electrons. The molecule has 2 unspecified atom stereocenters. The van der Waals surface area contributed by atoms with Gasteiger partial charge in [-0.3, -0.25) is 14.4 Å². The van der Waals surface area contributed by atoms with Crippen LogP contribution in [0.4, 0.5) is 0 Å². The quantitative estimate of drug-likeness (QED) is 0.774. The van der Waals surface area contributed by atoms with Gasteiger partial charge >= 0.3 is 5.97 Å². The number of rotatable bonds is 7. The van der Waals surface area contributed by atoms with Gasteiger partial charge in [-0.05, 0) is 18.8 Å². The molecule has 1 saturated heterocycles. The van der Waals surface area contributed by atoms with E-state index in [0.29, 0.717) is 25.3 Å². The normalized spacial score (nSPS) is 19.5. The van der Waals surface area contributed by atoms with Crippen LogP contribution in [0.3, 0.4) is 0 Å². The van der Waals surface area contributed by atoms with E-state index in [4.69, 9.17) is 5.11 Å². The molecule has 23 heavy (non-hydrogen) atoms. The number of hydrogen-bond acceptors (Lipinski definition) is 3. The Morgan fingerprint density at radius 3 is 2.39 bits per heavy atom. The van der Waals surface area contributed by atoms with Crippen LogP contribution in [0, 0.1) is 17.8 Å². The van der Waals surface area contributed by atoms with Crippen LogP contribution in [0.25, 0.3) is 0 Å². The molecular formula is C17H30N2O4. The lowest BCUT2D eigenvalue weighted by Crippen LogP contribution is -2.48. The topological polar surface area (TPSA) is 77.9 Å². The van der Waals surface area contributed by atoms with Crippen molar-refractivity contribution in [3.63, 3.8) is 0 Å². The van der Waals surface area contributed by atoms with Crippen LogP contribution >= 0.6 is 0 Å². The second-order valence-corrected chi connectivity index (χ2v) is 6.58. The van der Waals surface area contributed by atoms with Crippen molar-refractivity contribution in [1.29, 1.82) is 0 Å². The molecule has 1 aliphatic rings. The zero-order valence-corrected chi connectivity index (χ0v) is 14.7. The summed E-state index contributed by atoms with van der Waals surface area (Å²) in [6.07, 6.45) is 3.19. The molecule has 0 saturated carbocycles. The Kier molecular flexibility index (Phi) is 7.52. The SMILES string of the molecule is CCC(CC)C(C)C(=O)N(C)CC(=O)N1CCCC(C(=O)O)C1. The lowest BCUT2D eigenvalue weighted by atomic mass is 9.88. The van der Waals surface area contributed by atoms with E-state index in [0.717, 1.165) is 12.8 Å². The summed E-state index contributed by atoms with van der Waals surface area (Å²) < 4.78 is 0. The summed E-state index contributed by atoms with van der Waals surface area (Å²) in [6.45, 7) is 6.91. The minimum absolute atomic E-state index is 0.0150. The van der Waals surface area contributed by atoms with E-state index >= 15 is 0 Å². The smallest absolute Gasteiger partial charge is 0.308 e. The third-order valence-corrected chi connectivity index (χ3v) is 5.02. The number of aliphatic carboxylic acids is 1. The third kappa shape index (κ3) is 5.22. The summed E-state index contributed by atoms with van der Waals surface area (Å²) in [5.41, 5.74) is 0. The van der Waals surface area contributed by atoms with E-state index in [1.54, 1.807) is 11.9 Å². The van der Waals surface area contributed by atoms with Gasteiger partial charge in [-0.1, -0.05) is 33.6 Å². The molecule has 1 rings (SSSR count). The third-order valence-electron chi connectivity index (χ3n) is 5.02. The van der Waals surface area contributed by atoms with Gasteiger partial charge in [0.1, 0.15) is 0 Å². The van der Waals surface area contributed by atoms with Crippen molar-refractivity contribution in [2.24, 2.45) is 17.8 Å². The number of likely N-dealkylation sites (N-methyl/N-ethyl adjacent to an activating group) is 1. The van der Waals surface area contributed by atoms with E-state index < -0.39 is 11.9 Å². The Morgan fingerprint density at radius 1 is 1.26 bits per heavy atom. The van der Waals surface area contributed by atoms with Crippen LogP contribution in [0.15, 0.2) is 0 Å². The van der Waals surface area contributed by atoms with Crippen molar-refractivity contribution in [2.75, 3.05) is 26.7 Å². The Bertz CT molecular complexity index is 434. The van der Waals surface area contributed by atoms with Crippen LogP contribution in [0.5, 0.6) is 0 Å². The Hall–Kier alpha value is -1.59. The Labute approximate surface area is 138 Å². The van der Waals surface area contributed by atoms with Crippen molar-refractivity contribution in [3.05, 3.63) is 0 Å². The number of piperidine rings is 1. The minimum atomic E-state index is -0.853. The lowest BCUT2D eigenvalue weighted by molar-refractivity contribution is -0.148. The molecule has 1 N–H and O–H groups in total. The zero-order chi connectivity index (χ0) is 17.6. The number of hydrogen-bond donors (Lipinski definition) is 1. The molecule has 6 heteroatoms. The molecule has 1 fully saturated rings. The number of carbonyl (C=O) groups is 3. The standard InChI is InChI=1S/C17H30N2O4/c1-5-13(6-2)12(3)16(21)18(4)11-15(20)19-9-7-8-14(10-19)17(22)23/h12-14H,5-11H2,1-4H3,(H,22,23). The Morgan fingerprint density at radius 2 is 1.87 bits per heavy atom. The molecule has 2 amide bonds. The summed E-state index contributed by atoms with van der Waals surface area (Å²) >= 11 is 0. The van der Waals surface area contributed by atoms with Crippen molar-refractivity contribution in [3.8, 4) is 0 Å². The van der Waals surface area contributed by atoms with Gasteiger partial charge in [0.15, 0.2) is 0 Å². The number of nitrogens with zero attached hydrogens (tertiary/aromatic N) is 2. The lowest BCUT2D eigenvalue weighted by Gasteiger charge is -2.33. The first-order valence-electron chi connectivity index (χ1n) is 8.57. The van der Waals surface area contributed by atoms with Gasteiger partial charge in [-0.2, -0.15) is 0 Å². The number of carbonyl (C=O) groups excluding carboxylic acids is 2. The average molecular weight is 326 g/mol. The van der Waals surface area contributed by atoms with Gasteiger partial charge in [0.2, 0.25) is 11.8 Å². The molecule has 0 bridgehead atoms. The van der Waals surface area contributed by atoms with Crippen molar-refractivity contribution >= 4 is 17.8 Å². The molecule has 2 atom stereocenters. The fourth-order valence-electron chi connectivity index (χ4n) is 3.33. The maximum atomic E-state index is 12.5. The maximum absolute atomic E-state index is 12.5. The second kappa shape index (κ2) is 8.89. The number of likely N-dealkylation sites (tertiary alicyclic amines) is 1.